The van der Waals surface area contributed by atoms with Crippen LogP contribution in [0.4, 0.5) is 0 Å². The van der Waals surface area contributed by atoms with Crippen molar-refractivity contribution in [2.24, 2.45) is 0 Å². The van der Waals surface area contributed by atoms with E-state index in [1.54, 1.807) is 14.1 Å². The van der Waals surface area contributed by atoms with Crippen molar-refractivity contribution in [3.05, 3.63) is 0 Å². The van der Waals surface area contributed by atoms with Crippen molar-refractivity contribution in [1.29, 1.82) is 0 Å². The first-order valence-electron chi connectivity index (χ1n) is 1.39. The quantitative estimate of drug-likeness (QED) is 0.299. The summed E-state index contributed by atoms with van der Waals surface area (Å²) in [4.78, 5) is 10.9. The first-order valence-corrected chi connectivity index (χ1v) is 1.39. The van der Waals surface area contributed by atoms with Crippen LogP contribution < -0.4 is 24.8 Å². The van der Waals surface area contributed by atoms with Gasteiger partial charge < -0.3 is 29.7 Å². The molecular weight excluding hydrogens is 185 g/mol. The van der Waals surface area contributed by atoms with E-state index in [-0.39, 0.29) is 46.5 Å². The molecule has 0 rings (SSSR count). The first-order chi connectivity index (χ1) is 2.27. The Morgan fingerprint density at radius 3 is 1.38 bits per heavy atom. The summed E-state index contributed by atoms with van der Waals surface area (Å²) in [6, 6.07) is 0. The van der Waals surface area contributed by atoms with Gasteiger partial charge in [-0.15, -0.1) is 0 Å². The summed E-state index contributed by atoms with van der Waals surface area (Å²) in [5, 5.41) is 0. The number of rotatable bonds is 1. The van der Waals surface area contributed by atoms with Gasteiger partial charge in [0.15, 0.2) is 0 Å². The van der Waals surface area contributed by atoms with Crippen molar-refractivity contribution in [2.45, 2.75) is 0 Å². The van der Waals surface area contributed by atoms with Gasteiger partial charge in [0.25, 0.3) is 0 Å². The number of nitrogens with zero attached hydrogens (tertiary/aromatic N) is 1. The van der Waals surface area contributed by atoms with Crippen molar-refractivity contribution in [1.82, 2.24) is 4.90 Å². The topological polar surface area (TPSA) is 20.3 Å². The molecule has 0 saturated carbocycles. The molecule has 0 aromatic heterocycles. The van der Waals surface area contributed by atoms with E-state index < -0.39 is 0 Å². The van der Waals surface area contributed by atoms with Gasteiger partial charge in [-0.3, -0.25) is 4.79 Å². The van der Waals surface area contributed by atoms with Gasteiger partial charge in [-0.1, -0.05) is 0 Å². The zero-order chi connectivity index (χ0) is 4.28. The van der Waals surface area contributed by atoms with Crippen molar-refractivity contribution < 1.29 is 51.3 Å². The molecule has 2 nitrogen and oxygen atoms in total. The Kier molecular flexibility index (Phi) is 45.5. The number of hydrogen-bond donors (Lipinski definition) is 0. The van der Waals surface area contributed by atoms with E-state index in [0.717, 1.165) is 6.41 Å². The Morgan fingerprint density at radius 2 is 1.38 bits per heavy atom. The summed E-state index contributed by atoms with van der Waals surface area (Å²) in [5.41, 5.74) is 0. The number of carbonyl (C=O) groups is 1. The smallest absolute Gasteiger partial charge is 1.00 e. The average molecular weight is 192 g/mol. The molecule has 0 radical (unpaired) electrons. The Labute approximate surface area is 76.7 Å². The summed E-state index contributed by atoms with van der Waals surface area (Å²) in [7, 11) is 3.38. The van der Waals surface area contributed by atoms with E-state index in [2.05, 4.69) is 0 Å². The van der Waals surface area contributed by atoms with E-state index in [9.17, 15) is 4.79 Å². The van der Waals surface area contributed by atoms with Crippen molar-refractivity contribution in [3.63, 3.8) is 0 Å². The third kappa shape index (κ3) is 29.4. The largest absolute Gasteiger partial charge is 2.00 e. The first kappa shape index (κ1) is 23.3. The van der Waals surface area contributed by atoms with Crippen LogP contribution in [0, 0.1) is 0 Å². The number of amides is 1. The molecule has 0 N–H and O–H groups in total. The minimum atomic E-state index is 0. The minimum Gasteiger partial charge on any atom is -1.00 e. The molecule has 8 heavy (non-hydrogen) atoms. The van der Waals surface area contributed by atoms with Crippen LogP contribution in [0.3, 0.4) is 0 Å². The van der Waals surface area contributed by atoms with Crippen molar-refractivity contribution in [2.75, 3.05) is 14.1 Å². The summed E-state index contributed by atoms with van der Waals surface area (Å²) in [6.45, 7) is 0. The fraction of sp³-hybridized carbons (Fsp3) is 0.667. The zero-order valence-electron chi connectivity index (χ0n) is 4.69. The predicted molar refractivity (Wildman–Crippen MR) is 19.8 cm³/mol. The van der Waals surface area contributed by atoms with Gasteiger partial charge in [0.2, 0.25) is 6.41 Å². The van der Waals surface area contributed by atoms with Crippen molar-refractivity contribution in [3.8, 4) is 0 Å². The fourth-order valence-corrected chi connectivity index (χ4v) is 0. The maximum atomic E-state index is 9.43. The van der Waals surface area contributed by atoms with Crippen LogP contribution in [0.25, 0.3) is 0 Å². The third-order valence-electron chi connectivity index (χ3n) is 0.211. The molecule has 48 valence electrons. The van der Waals surface area contributed by atoms with Gasteiger partial charge in [-0.25, -0.2) is 0 Å². The van der Waals surface area contributed by atoms with Crippen molar-refractivity contribution >= 4 is 6.41 Å². The van der Waals surface area contributed by atoms with E-state index in [4.69, 9.17) is 0 Å². The van der Waals surface area contributed by atoms with Gasteiger partial charge in [0.05, 0.1) is 0 Å². The molecule has 5 heteroatoms. The minimum absolute atomic E-state index is 0. The van der Waals surface area contributed by atoms with Crippen LogP contribution in [0.2, 0.25) is 0 Å². The molecule has 0 aromatic carbocycles. The molecular formula is C3H7Cl2NOTi. The molecule has 0 heterocycles. The fourth-order valence-electron chi connectivity index (χ4n) is 0. The van der Waals surface area contributed by atoms with Gasteiger partial charge >= 0.3 is 21.7 Å². The van der Waals surface area contributed by atoms with E-state index in [1.807, 2.05) is 0 Å². The molecule has 0 atom stereocenters. The molecule has 0 saturated heterocycles. The average Bonchev–Trinajstić information content (AvgIpc) is 1.38. The second-order valence-corrected chi connectivity index (χ2v) is 1.07. The summed E-state index contributed by atoms with van der Waals surface area (Å²) in [5.74, 6) is 0. The maximum absolute atomic E-state index is 9.43. The summed E-state index contributed by atoms with van der Waals surface area (Å²) < 4.78 is 0. The molecule has 0 unspecified atom stereocenters. The Balaban J connectivity index is -0.0000000267. The molecule has 0 aromatic rings. The Morgan fingerprint density at radius 1 is 1.25 bits per heavy atom. The molecule has 1 amide bonds. The maximum Gasteiger partial charge on any atom is 2.00 e. The Bertz CT molecular complexity index is 44.3. The van der Waals surface area contributed by atoms with Gasteiger partial charge in [0, 0.05) is 14.1 Å². The van der Waals surface area contributed by atoms with Gasteiger partial charge in [-0.2, -0.15) is 0 Å². The molecule has 0 aliphatic heterocycles. The molecule has 0 aliphatic carbocycles. The summed E-state index contributed by atoms with van der Waals surface area (Å²) in [6.07, 6.45) is 0.750. The van der Waals surface area contributed by atoms with E-state index >= 15 is 0 Å². The molecule has 0 spiro atoms. The molecule has 0 fully saturated rings. The summed E-state index contributed by atoms with van der Waals surface area (Å²) >= 11 is 0. The third-order valence-corrected chi connectivity index (χ3v) is 0.211. The van der Waals surface area contributed by atoms with Crippen LogP contribution >= 0.6 is 0 Å². The standard InChI is InChI=1S/C3H7NO.2ClH.Ti/c1-4(2)3-5;;;/h3H,1-2H3;2*1H;/q;;;+2/p-2. The van der Waals surface area contributed by atoms with Crippen LogP contribution in [-0.4, -0.2) is 25.4 Å². The number of hydrogen-bond acceptors (Lipinski definition) is 1. The number of carbonyl (C=O) groups excluding carboxylic acids is 1. The molecule has 0 aliphatic rings. The van der Waals surface area contributed by atoms with Crippen LogP contribution in [-0.2, 0) is 26.5 Å². The SMILES string of the molecule is CN(C)C=O.[Cl-].[Cl-].[Ti+2]. The van der Waals surface area contributed by atoms with Crippen LogP contribution in [0.5, 0.6) is 0 Å². The zero-order valence-corrected chi connectivity index (χ0v) is 7.76. The number of halogens is 2. The monoisotopic (exact) mass is 191 g/mol. The Hall–Kier alpha value is 0.764. The van der Waals surface area contributed by atoms with Gasteiger partial charge in [0.1, 0.15) is 0 Å². The van der Waals surface area contributed by atoms with E-state index in [0.29, 0.717) is 0 Å². The second-order valence-electron chi connectivity index (χ2n) is 1.07. The second kappa shape index (κ2) is 15.7. The van der Waals surface area contributed by atoms with Gasteiger partial charge in [-0.05, 0) is 0 Å². The van der Waals surface area contributed by atoms with E-state index in [1.165, 1.54) is 4.90 Å². The predicted octanol–water partition coefficient (Wildman–Crippen LogP) is -6.29. The van der Waals surface area contributed by atoms with Crippen LogP contribution in [0.1, 0.15) is 0 Å². The normalized spacial score (nSPS) is 4.25. The van der Waals surface area contributed by atoms with Crippen LogP contribution in [0.15, 0.2) is 0 Å². The molecule has 0 bridgehead atoms.